The number of fused-ring (bicyclic) bond motifs is 1. The lowest BCUT2D eigenvalue weighted by molar-refractivity contribution is -0.151. The van der Waals surface area contributed by atoms with Crippen LogP contribution in [-0.4, -0.2) is 54.5 Å². The lowest BCUT2D eigenvalue weighted by atomic mass is 10.00. The third kappa shape index (κ3) is 1.29. The van der Waals surface area contributed by atoms with E-state index in [4.69, 9.17) is 4.74 Å². The number of amides is 1. The minimum Gasteiger partial charge on any atom is -0.467 e. The summed E-state index contributed by atoms with van der Waals surface area (Å²) in [5.41, 5.74) is -0.987. The van der Waals surface area contributed by atoms with E-state index >= 15 is 0 Å². The molecule has 1 aliphatic heterocycles. The van der Waals surface area contributed by atoms with Crippen LogP contribution < -0.4 is 0 Å². The first kappa shape index (κ1) is 11.2. The van der Waals surface area contributed by atoms with Gasteiger partial charge in [-0.15, -0.1) is 0 Å². The maximum atomic E-state index is 11.7. The summed E-state index contributed by atoms with van der Waals surface area (Å²) < 4.78 is 9.35. The lowest BCUT2D eigenvalue weighted by Crippen LogP contribution is -2.54. The van der Waals surface area contributed by atoms with Gasteiger partial charge in [0, 0.05) is 12.5 Å². The van der Waals surface area contributed by atoms with Crippen LogP contribution in [-0.2, 0) is 14.3 Å². The van der Waals surface area contributed by atoms with Gasteiger partial charge in [0.2, 0.25) is 0 Å². The summed E-state index contributed by atoms with van der Waals surface area (Å²) in [6.07, 6.45) is -0.158. The zero-order valence-electron chi connectivity index (χ0n) is 9.30. The molecule has 0 spiro atoms. The number of carbonyl (C=O) groups excluding carboxylic acids is 2. The molecule has 6 heteroatoms. The van der Waals surface area contributed by atoms with Gasteiger partial charge in [-0.2, -0.15) is 0 Å². The Labute approximate surface area is 93.1 Å². The second kappa shape index (κ2) is 3.62. The number of nitrogens with zero attached hydrogens (tertiary/aromatic N) is 1. The van der Waals surface area contributed by atoms with Crippen molar-refractivity contribution in [2.75, 3.05) is 20.8 Å². The van der Waals surface area contributed by atoms with Crippen LogP contribution >= 0.6 is 0 Å². The molecule has 1 heterocycles. The molecular formula is C10H15NO5. The van der Waals surface area contributed by atoms with Gasteiger partial charge in [-0.05, 0) is 12.8 Å². The average Bonchev–Trinajstić information content (AvgIpc) is 3.05. The summed E-state index contributed by atoms with van der Waals surface area (Å²) in [6.45, 7) is 0.319. The largest absolute Gasteiger partial charge is 0.467 e. The quantitative estimate of drug-likeness (QED) is 0.627. The van der Waals surface area contributed by atoms with Gasteiger partial charge in [0.15, 0.2) is 0 Å². The number of aliphatic hydroxyl groups excluding tert-OH is 1. The van der Waals surface area contributed by atoms with Crippen LogP contribution in [0.25, 0.3) is 0 Å². The first-order valence-electron chi connectivity index (χ1n) is 5.20. The molecule has 0 bridgehead atoms. The number of methoxy groups -OCH3 is 2. The van der Waals surface area contributed by atoms with E-state index in [0.717, 1.165) is 0 Å². The third-order valence-corrected chi connectivity index (χ3v) is 3.51. The fourth-order valence-corrected chi connectivity index (χ4v) is 2.59. The average molecular weight is 229 g/mol. The topological polar surface area (TPSA) is 76.1 Å². The number of aliphatic hydroxyl groups is 1. The van der Waals surface area contributed by atoms with E-state index in [1.54, 1.807) is 0 Å². The molecule has 1 saturated heterocycles. The highest BCUT2D eigenvalue weighted by molar-refractivity contribution is 5.90. The minimum absolute atomic E-state index is 0.215. The van der Waals surface area contributed by atoms with Crippen LogP contribution in [0.4, 0.5) is 4.79 Å². The Morgan fingerprint density at radius 3 is 2.62 bits per heavy atom. The molecule has 2 aliphatic rings. The maximum absolute atomic E-state index is 11.7. The van der Waals surface area contributed by atoms with E-state index in [-0.39, 0.29) is 5.92 Å². The van der Waals surface area contributed by atoms with Crippen molar-refractivity contribution < 1.29 is 24.2 Å². The molecule has 6 nitrogen and oxygen atoms in total. The highest BCUT2D eigenvalue weighted by atomic mass is 16.5. The molecule has 1 amide bonds. The fourth-order valence-electron chi connectivity index (χ4n) is 2.59. The Morgan fingerprint density at radius 2 is 2.06 bits per heavy atom. The predicted molar refractivity (Wildman–Crippen MR) is 52.6 cm³/mol. The third-order valence-electron chi connectivity index (χ3n) is 3.51. The number of ether oxygens (including phenoxy) is 2. The number of piperidine rings is 1. The van der Waals surface area contributed by atoms with Crippen LogP contribution in [0.5, 0.6) is 0 Å². The van der Waals surface area contributed by atoms with Gasteiger partial charge >= 0.3 is 12.1 Å². The summed E-state index contributed by atoms with van der Waals surface area (Å²) in [5.74, 6) is -0.686. The van der Waals surface area contributed by atoms with Gasteiger partial charge in [0.1, 0.15) is 5.54 Å². The minimum atomic E-state index is -0.987. The summed E-state index contributed by atoms with van der Waals surface area (Å²) >= 11 is 0. The molecule has 90 valence electrons. The van der Waals surface area contributed by atoms with Crippen LogP contribution in [0.3, 0.4) is 0 Å². The molecule has 0 aromatic heterocycles. The Bertz CT molecular complexity index is 331. The van der Waals surface area contributed by atoms with Crippen molar-refractivity contribution in [1.29, 1.82) is 0 Å². The van der Waals surface area contributed by atoms with Crippen molar-refractivity contribution in [3.8, 4) is 0 Å². The molecule has 1 N–H and O–H groups in total. The molecule has 1 aliphatic carbocycles. The molecule has 2 rings (SSSR count). The summed E-state index contributed by atoms with van der Waals surface area (Å²) in [4.78, 5) is 24.6. The standard InChI is InChI=1S/C10H15NO5/c1-15-8(13)10-5-6(10)7(12)3-4-11(10)9(14)16-2/h6-7,12H,3-5H2,1-2H3/t6-,7+,10-/m1/s1. The van der Waals surface area contributed by atoms with E-state index < -0.39 is 23.7 Å². The lowest BCUT2D eigenvalue weighted by Gasteiger charge is -2.34. The predicted octanol–water partition coefficient (Wildman–Crippen LogP) is -0.249. The monoisotopic (exact) mass is 229 g/mol. The second-order valence-electron chi connectivity index (χ2n) is 4.20. The van der Waals surface area contributed by atoms with E-state index in [1.165, 1.54) is 19.1 Å². The highest BCUT2D eigenvalue weighted by Crippen LogP contribution is 2.54. The van der Waals surface area contributed by atoms with Crippen LogP contribution in [0.1, 0.15) is 12.8 Å². The van der Waals surface area contributed by atoms with Gasteiger partial charge in [0.05, 0.1) is 20.3 Å². The van der Waals surface area contributed by atoms with Crippen molar-refractivity contribution >= 4 is 12.1 Å². The number of rotatable bonds is 1. The zero-order valence-corrected chi connectivity index (χ0v) is 9.30. The number of likely N-dealkylation sites (tertiary alicyclic amines) is 1. The normalized spacial score (nSPS) is 36.3. The van der Waals surface area contributed by atoms with Crippen molar-refractivity contribution in [2.45, 2.75) is 24.5 Å². The molecule has 2 fully saturated rings. The van der Waals surface area contributed by atoms with Gasteiger partial charge in [-0.3, -0.25) is 4.90 Å². The Balaban J connectivity index is 2.26. The second-order valence-corrected chi connectivity index (χ2v) is 4.20. The summed E-state index contributed by atoms with van der Waals surface area (Å²) in [5, 5.41) is 9.71. The number of hydrogen-bond acceptors (Lipinski definition) is 5. The highest BCUT2D eigenvalue weighted by Gasteiger charge is 2.70. The van der Waals surface area contributed by atoms with Crippen LogP contribution in [0.15, 0.2) is 0 Å². The molecule has 0 radical (unpaired) electrons. The van der Waals surface area contributed by atoms with Crippen molar-refractivity contribution in [2.24, 2.45) is 5.92 Å². The van der Waals surface area contributed by atoms with Crippen LogP contribution in [0.2, 0.25) is 0 Å². The first-order valence-corrected chi connectivity index (χ1v) is 5.20. The van der Waals surface area contributed by atoms with Gasteiger partial charge in [0.25, 0.3) is 0 Å². The van der Waals surface area contributed by atoms with E-state index in [0.29, 0.717) is 19.4 Å². The van der Waals surface area contributed by atoms with Crippen molar-refractivity contribution in [1.82, 2.24) is 4.90 Å². The number of esters is 1. The molecule has 16 heavy (non-hydrogen) atoms. The molecular weight excluding hydrogens is 214 g/mol. The molecule has 0 unspecified atom stereocenters. The Morgan fingerprint density at radius 1 is 1.38 bits per heavy atom. The molecule has 0 aromatic carbocycles. The van der Waals surface area contributed by atoms with Crippen molar-refractivity contribution in [3.05, 3.63) is 0 Å². The van der Waals surface area contributed by atoms with Crippen molar-refractivity contribution in [3.63, 3.8) is 0 Å². The van der Waals surface area contributed by atoms with E-state index in [2.05, 4.69) is 4.74 Å². The Hall–Kier alpha value is -1.30. The molecule has 3 atom stereocenters. The molecule has 0 aromatic rings. The smallest absolute Gasteiger partial charge is 0.410 e. The Kier molecular flexibility index (Phi) is 2.53. The maximum Gasteiger partial charge on any atom is 0.410 e. The van der Waals surface area contributed by atoms with E-state index in [9.17, 15) is 14.7 Å². The SMILES string of the molecule is COC(=O)N1CC[C@H](O)[C@H]2C[C@]21C(=O)OC. The van der Waals surface area contributed by atoms with E-state index in [1.807, 2.05) is 0 Å². The number of carbonyl (C=O) groups is 2. The number of hydrogen-bond donors (Lipinski definition) is 1. The van der Waals surface area contributed by atoms with Crippen LogP contribution in [0, 0.1) is 5.92 Å². The van der Waals surface area contributed by atoms with Gasteiger partial charge in [-0.25, -0.2) is 9.59 Å². The first-order chi connectivity index (χ1) is 7.57. The zero-order chi connectivity index (χ0) is 11.9. The van der Waals surface area contributed by atoms with Gasteiger partial charge < -0.3 is 14.6 Å². The fraction of sp³-hybridized carbons (Fsp3) is 0.800. The molecule has 1 saturated carbocycles. The summed E-state index contributed by atoms with van der Waals surface area (Å²) in [7, 11) is 2.55. The summed E-state index contributed by atoms with van der Waals surface area (Å²) in [6, 6.07) is 0. The van der Waals surface area contributed by atoms with Gasteiger partial charge in [-0.1, -0.05) is 0 Å².